The zero-order chi connectivity index (χ0) is 20.6. The molecule has 1 rings (SSSR count). The lowest BCUT2D eigenvalue weighted by Gasteiger charge is -2.24. The molecule has 0 radical (unpaired) electrons. The van der Waals surface area contributed by atoms with E-state index in [9.17, 15) is 19.2 Å². The summed E-state index contributed by atoms with van der Waals surface area (Å²) >= 11 is 0.829. The highest BCUT2D eigenvalue weighted by Crippen LogP contribution is 2.21. The molecule has 0 aromatic heterocycles. The molecule has 1 fully saturated rings. The number of nitrogens with one attached hydrogen (secondary N) is 1. The van der Waals surface area contributed by atoms with Crippen molar-refractivity contribution in [2.75, 3.05) is 18.8 Å². The molecule has 0 aliphatic carbocycles. The summed E-state index contributed by atoms with van der Waals surface area (Å²) in [5, 5.41) is 27.0. The molecule has 12 nitrogen and oxygen atoms in total. The van der Waals surface area contributed by atoms with E-state index in [-0.39, 0.29) is 18.2 Å². The number of ether oxygens (including phenoxy) is 1. The Bertz CT molecular complexity index is 560. The van der Waals surface area contributed by atoms with Gasteiger partial charge in [-0.2, -0.15) is 0 Å². The molecule has 4 N–H and O–H groups in total. The number of hydrogen-bond acceptors (Lipinski definition) is 10. The Kier molecular flexibility index (Phi) is 9.45. The van der Waals surface area contributed by atoms with Gasteiger partial charge in [0.25, 0.3) is 0 Å². The minimum atomic E-state index is -1.30. The van der Waals surface area contributed by atoms with Gasteiger partial charge in [0.15, 0.2) is 0 Å². The molecular weight excluding hydrogens is 386 g/mol. The van der Waals surface area contributed by atoms with Crippen molar-refractivity contribution >= 4 is 34.8 Å². The lowest BCUT2D eigenvalue weighted by Crippen LogP contribution is -2.43. The van der Waals surface area contributed by atoms with Crippen LogP contribution < -0.4 is 5.32 Å². The molecule has 1 heterocycles. The van der Waals surface area contributed by atoms with E-state index in [4.69, 9.17) is 15.5 Å². The zero-order valence-electron chi connectivity index (χ0n) is 14.9. The van der Waals surface area contributed by atoms with Crippen LogP contribution in [-0.2, 0) is 24.0 Å². The first-order chi connectivity index (χ1) is 12.6. The SMILES string of the molecule is CC(OC(=O)NCC(=O)SC[C@@H](C)C(=O)N1CCC[C@H]1C(=O)O)ON(O)O. The van der Waals surface area contributed by atoms with E-state index < -0.39 is 40.8 Å². The number of carboxylic acid groups (broad SMARTS) is 1. The number of carboxylic acids is 1. The highest BCUT2D eigenvalue weighted by molar-refractivity contribution is 8.13. The number of aliphatic carboxylic acids is 1. The summed E-state index contributed by atoms with van der Waals surface area (Å²) in [5.74, 6) is -1.78. The first-order valence-corrected chi connectivity index (χ1v) is 9.08. The van der Waals surface area contributed by atoms with Crippen molar-refractivity contribution in [2.24, 2.45) is 5.92 Å². The van der Waals surface area contributed by atoms with E-state index in [1.807, 2.05) is 0 Å². The fourth-order valence-corrected chi connectivity index (χ4v) is 3.15. The monoisotopic (exact) mass is 409 g/mol. The van der Waals surface area contributed by atoms with E-state index in [2.05, 4.69) is 14.9 Å². The first kappa shape index (κ1) is 23.1. The van der Waals surface area contributed by atoms with Crippen molar-refractivity contribution in [1.82, 2.24) is 15.6 Å². The zero-order valence-corrected chi connectivity index (χ0v) is 15.7. The third-order valence-corrected chi connectivity index (χ3v) is 4.76. The van der Waals surface area contributed by atoms with Gasteiger partial charge in [-0.1, -0.05) is 18.7 Å². The van der Waals surface area contributed by atoms with E-state index in [0.29, 0.717) is 19.4 Å². The number of amides is 2. The van der Waals surface area contributed by atoms with Crippen LogP contribution in [-0.4, -0.2) is 80.1 Å². The molecular formula is C14H23N3O9S. The first-order valence-electron chi connectivity index (χ1n) is 8.09. The van der Waals surface area contributed by atoms with Crippen LogP contribution in [0.1, 0.15) is 26.7 Å². The van der Waals surface area contributed by atoms with Gasteiger partial charge >= 0.3 is 12.1 Å². The average Bonchev–Trinajstić information content (AvgIpc) is 3.06. The third kappa shape index (κ3) is 8.09. The number of rotatable bonds is 9. The second-order valence-corrected chi connectivity index (χ2v) is 6.87. The molecule has 1 aliphatic rings. The van der Waals surface area contributed by atoms with E-state index in [1.165, 1.54) is 11.8 Å². The number of likely N-dealkylation sites (tertiary alicyclic amines) is 1. The van der Waals surface area contributed by atoms with Crippen molar-refractivity contribution in [2.45, 2.75) is 39.0 Å². The molecule has 0 spiro atoms. The predicted octanol–water partition coefficient (Wildman–Crippen LogP) is 0.0421. The maximum absolute atomic E-state index is 12.3. The maximum Gasteiger partial charge on any atom is 0.409 e. The van der Waals surface area contributed by atoms with Crippen LogP contribution in [0.5, 0.6) is 0 Å². The van der Waals surface area contributed by atoms with Gasteiger partial charge in [0.05, 0.1) is 11.9 Å². The summed E-state index contributed by atoms with van der Waals surface area (Å²) in [6, 6.07) is -0.824. The largest absolute Gasteiger partial charge is 0.480 e. The smallest absolute Gasteiger partial charge is 0.409 e. The fraction of sp³-hybridized carbons (Fsp3) is 0.714. The van der Waals surface area contributed by atoms with Crippen LogP contribution in [0.2, 0.25) is 0 Å². The molecule has 27 heavy (non-hydrogen) atoms. The third-order valence-electron chi connectivity index (χ3n) is 3.63. The Morgan fingerprint density at radius 3 is 2.56 bits per heavy atom. The lowest BCUT2D eigenvalue weighted by atomic mass is 10.1. The Labute approximate surface area is 159 Å². The number of thioether (sulfide) groups is 1. The molecule has 0 bridgehead atoms. The van der Waals surface area contributed by atoms with Gasteiger partial charge in [-0.25, -0.2) is 14.4 Å². The summed E-state index contributed by atoms with van der Waals surface area (Å²) in [6.07, 6.45) is -1.27. The summed E-state index contributed by atoms with van der Waals surface area (Å²) in [5.41, 5.74) is 0. The second-order valence-electron chi connectivity index (χ2n) is 5.80. The molecule has 0 aromatic carbocycles. The Morgan fingerprint density at radius 2 is 1.96 bits per heavy atom. The molecule has 1 saturated heterocycles. The Balaban J connectivity index is 2.32. The molecule has 3 atom stereocenters. The van der Waals surface area contributed by atoms with Gasteiger partial charge in [0.1, 0.15) is 6.04 Å². The minimum Gasteiger partial charge on any atom is -0.480 e. The predicted molar refractivity (Wildman–Crippen MR) is 89.4 cm³/mol. The van der Waals surface area contributed by atoms with Crippen molar-refractivity contribution in [1.29, 1.82) is 0 Å². The number of carbonyl (C=O) groups excluding carboxylic acids is 3. The van der Waals surface area contributed by atoms with E-state index in [0.717, 1.165) is 11.8 Å². The minimum absolute atomic E-state index is 0.140. The van der Waals surface area contributed by atoms with Gasteiger partial charge in [-0.15, -0.1) is 0 Å². The number of hydrogen-bond donors (Lipinski definition) is 4. The maximum atomic E-state index is 12.3. The van der Waals surface area contributed by atoms with E-state index in [1.54, 1.807) is 6.92 Å². The normalized spacial score (nSPS) is 18.9. The Hall–Kier alpha value is -1.93. The molecule has 0 saturated carbocycles. The number of carbonyl (C=O) groups is 4. The lowest BCUT2D eigenvalue weighted by molar-refractivity contribution is -0.518. The van der Waals surface area contributed by atoms with Crippen LogP contribution in [0.3, 0.4) is 0 Å². The van der Waals surface area contributed by atoms with Crippen molar-refractivity contribution < 1.29 is 44.3 Å². The topological polar surface area (TPSA) is 166 Å². The van der Waals surface area contributed by atoms with Gasteiger partial charge in [-0.3, -0.25) is 20.0 Å². The van der Waals surface area contributed by atoms with Crippen LogP contribution in [0, 0.1) is 5.92 Å². The average molecular weight is 409 g/mol. The van der Waals surface area contributed by atoms with Crippen molar-refractivity contribution in [3.05, 3.63) is 0 Å². The van der Waals surface area contributed by atoms with Gasteiger partial charge in [-0.05, 0) is 12.8 Å². The summed E-state index contributed by atoms with van der Waals surface area (Å²) in [6.45, 7) is 2.83. The second kappa shape index (κ2) is 11.0. The fourth-order valence-electron chi connectivity index (χ4n) is 2.40. The highest BCUT2D eigenvalue weighted by Gasteiger charge is 2.35. The number of alkyl carbamates (subject to hydrolysis) is 1. The van der Waals surface area contributed by atoms with Crippen LogP contribution in [0.4, 0.5) is 4.79 Å². The van der Waals surface area contributed by atoms with Crippen LogP contribution in [0.15, 0.2) is 0 Å². The molecule has 13 heteroatoms. The molecule has 154 valence electrons. The molecule has 0 aromatic rings. The highest BCUT2D eigenvalue weighted by atomic mass is 32.2. The summed E-state index contributed by atoms with van der Waals surface area (Å²) in [4.78, 5) is 52.2. The van der Waals surface area contributed by atoms with Crippen LogP contribution >= 0.6 is 11.8 Å². The number of nitrogens with zero attached hydrogens (tertiary/aromatic N) is 2. The standard InChI is InChI=1S/C14H23N3O9S/c1-8(12(19)16-5-3-4-10(16)13(20)21)7-27-11(18)6-15-14(22)25-9(2)26-17(23)24/h8-10,23-24H,3-7H2,1-2H3,(H,15,22)(H,20,21)/t8-,9?,10+/m1/s1. The van der Waals surface area contributed by atoms with Gasteiger partial charge < -0.3 is 20.1 Å². The van der Waals surface area contributed by atoms with Gasteiger partial charge in [0, 0.05) is 25.1 Å². The van der Waals surface area contributed by atoms with Crippen molar-refractivity contribution in [3.63, 3.8) is 0 Å². The molecule has 1 aliphatic heterocycles. The Morgan fingerprint density at radius 1 is 1.30 bits per heavy atom. The summed E-state index contributed by atoms with van der Waals surface area (Å²) < 4.78 is 4.57. The molecule has 2 amide bonds. The van der Waals surface area contributed by atoms with Gasteiger partial charge in [0.2, 0.25) is 17.3 Å². The van der Waals surface area contributed by atoms with Crippen molar-refractivity contribution in [3.8, 4) is 0 Å². The quantitative estimate of drug-likeness (QED) is 0.300. The van der Waals surface area contributed by atoms with Crippen LogP contribution in [0.25, 0.3) is 0 Å². The summed E-state index contributed by atoms with van der Waals surface area (Å²) in [7, 11) is 0. The molecule has 1 unspecified atom stereocenters. The van der Waals surface area contributed by atoms with E-state index >= 15 is 0 Å².